The van der Waals surface area contributed by atoms with E-state index in [0.717, 1.165) is 31.3 Å². The summed E-state index contributed by atoms with van der Waals surface area (Å²) in [4.78, 5) is 2.70. The number of nitrogens with zero attached hydrogens (tertiary/aromatic N) is 1. The Labute approximate surface area is 106 Å². The predicted molar refractivity (Wildman–Crippen MR) is 71.3 cm³/mol. The van der Waals surface area contributed by atoms with E-state index in [4.69, 9.17) is 4.74 Å². The summed E-state index contributed by atoms with van der Waals surface area (Å²) in [6.07, 6.45) is 8.18. The average molecular weight is 240 g/mol. The van der Waals surface area contributed by atoms with Gasteiger partial charge in [-0.25, -0.2) is 0 Å². The average Bonchev–Trinajstić information content (AvgIpc) is 3.17. The van der Waals surface area contributed by atoms with Crippen LogP contribution in [0.25, 0.3) is 0 Å². The normalized spacial score (nSPS) is 22.1. The largest absolute Gasteiger partial charge is 0.383 e. The Balaban J connectivity index is 1.79. The van der Waals surface area contributed by atoms with E-state index in [1.807, 2.05) is 7.11 Å². The number of rotatable bonds is 10. The summed E-state index contributed by atoms with van der Waals surface area (Å²) in [7, 11) is 1.81. The molecule has 0 aromatic heterocycles. The van der Waals surface area contributed by atoms with Gasteiger partial charge in [-0.05, 0) is 32.1 Å². The third-order valence-electron chi connectivity index (χ3n) is 3.88. The first kappa shape index (κ1) is 13.3. The van der Waals surface area contributed by atoms with Gasteiger partial charge in [-0.1, -0.05) is 13.3 Å². The highest BCUT2D eigenvalue weighted by molar-refractivity contribution is 4.91. The van der Waals surface area contributed by atoms with E-state index >= 15 is 0 Å². The van der Waals surface area contributed by atoms with Gasteiger partial charge < -0.3 is 10.1 Å². The van der Waals surface area contributed by atoms with Gasteiger partial charge in [0.1, 0.15) is 0 Å². The Morgan fingerprint density at radius 1 is 1.29 bits per heavy atom. The Morgan fingerprint density at radius 3 is 2.59 bits per heavy atom. The molecule has 0 bridgehead atoms. The minimum absolute atomic E-state index is 0.725. The molecule has 0 heterocycles. The second kappa shape index (κ2) is 6.72. The van der Waals surface area contributed by atoms with Crippen molar-refractivity contribution in [1.29, 1.82) is 0 Å². The van der Waals surface area contributed by atoms with Crippen LogP contribution in [0.1, 0.15) is 45.4 Å². The lowest BCUT2D eigenvalue weighted by Gasteiger charge is -2.32. The highest BCUT2D eigenvalue weighted by atomic mass is 16.5. The van der Waals surface area contributed by atoms with Crippen LogP contribution in [0.4, 0.5) is 0 Å². The minimum Gasteiger partial charge on any atom is -0.383 e. The molecule has 0 aromatic carbocycles. The molecule has 100 valence electrons. The molecule has 2 fully saturated rings. The molecule has 0 saturated heterocycles. The van der Waals surface area contributed by atoms with E-state index in [9.17, 15) is 0 Å². The van der Waals surface area contributed by atoms with Crippen LogP contribution < -0.4 is 5.32 Å². The van der Waals surface area contributed by atoms with E-state index in [1.165, 1.54) is 45.1 Å². The van der Waals surface area contributed by atoms with Crippen molar-refractivity contribution in [1.82, 2.24) is 10.2 Å². The summed E-state index contributed by atoms with van der Waals surface area (Å²) in [6, 6.07) is 2.41. The Bertz CT molecular complexity index is 214. The van der Waals surface area contributed by atoms with Crippen molar-refractivity contribution in [3.8, 4) is 0 Å². The molecule has 1 N–H and O–H groups in total. The van der Waals surface area contributed by atoms with E-state index in [1.54, 1.807) is 0 Å². The van der Waals surface area contributed by atoms with Crippen LogP contribution in [0.15, 0.2) is 0 Å². The molecule has 3 nitrogen and oxygen atoms in total. The fourth-order valence-electron chi connectivity index (χ4n) is 2.57. The second-order valence-corrected chi connectivity index (χ2v) is 5.59. The first-order valence-corrected chi connectivity index (χ1v) is 7.33. The first-order chi connectivity index (χ1) is 8.35. The number of nitrogens with one attached hydrogen (secondary N) is 1. The molecular weight excluding hydrogens is 212 g/mol. The molecule has 17 heavy (non-hydrogen) atoms. The fourth-order valence-corrected chi connectivity index (χ4v) is 2.57. The van der Waals surface area contributed by atoms with Crippen molar-refractivity contribution in [2.45, 2.75) is 63.6 Å². The maximum Gasteiger partial charge on any atom is 0.0589 e. The Hall–Kier alpha value is -0.120. The molecule has 2 aliphatic rings. The molecule has 0 aromatic rings. The molecule has 0 amide bonds. The molecule has 3 heteroatoms. The van der Waals surface area contributed by atoms with Crippen LogP contribution in [-0.2, 0) is 4.74 Å². The topological polar surface area (TPSA) is 24.5 Å². The van der Waals surface area contributed by atoms with Crippen LogP contribution in [0, 0.1) is 0 Å². The van der Waals surface area contributed by atoms with Crippen molar-refractivity contribution in [2.75, 3.05) is 26.8 Å². The van der Waals surface area contributed by atoms with Gasteiger partial charge in [0, 0.05) is 38.3 Å². The third-order valence-corrected chi connectivity index (χ3v) is 3.88. The minimum atomic E-state index is 0.725. The van der Waals surface area contributed by atoms with Gasteiger partial charge in [0.2, 0.25) is 0 Å². The maximum atomic E-state index is 5.25. The number of methoxy groups -OCH3 is 1. The fraction of sp³-hybridized carbons (Fsp3) is 1.00. The summed E-state index contributed by atoms with van der Waals surface area (Å²) >= 11 is 0. The Morgan fingerprint density at radius 2 is 2.06 bits per heavy atom. The SMILES string of the molecule is CCCC(CNC1CC1)N(CCOC)C1CC1. The Kier molecular flexibility index (Phi) is 5.26. The zero-order valence-electron chi connectivity index (χ0n) is 11.5. The summed E-state index contributed by atoms with van der Waals surface area (Å²) in [5, 5.41) is 3.70. The van der Waals surface area contributed by atoms with Gasteiger partial charge in [0.25, 0.3) is 0 Å². The lowest BCUT2D eigenvalue weighted by atomic mass is 10.1. The standard InChI is InChI=1S/C14H28N2O/c1-3-4-14(11-15-12-5-6-12)16(9-10-17-2)13-7-8-13/h12-15H,3-11H2,1-2H3. The van der Waals surface area contributed by atoms with Crippen molar-refractivity contribution in [3.63, 3.8) is 0 Å². The van der Waals surface area contributed by atoms with Gasteiger partial charge in [-0.15, -0.1) is 0 Å². The summed E-state index contributed by atoms with van der Waals surface area (Å²) < 4.78 is 5.25. The van der Waals surface area contributed by atoms with Crippen molar-refractivity contribution < 1.29 is 4.74 Å². The highest BCUT2D eigenvalue weighted by Crippen LogP contribution is 2.30. The zero-order valence-corrected chi connectivity index (χ0v) is 11.5. The van der Waals surface area contributed by atoms with Crippen molar-refractivity contribution in [3.05, 3.63) is 0 Å². The number of ether oxygens (including phenoxy) is 1. The molecule has 0 radical (unpaired) electrons. The van der Waals surface area contributed by atoms with Crippen LogP contribution in [0.2, 0.25) is 0 Å². The highest BCUT2D eigenvalue weighted by Gasteiger charge is 2.33. The van der Waals surface area contributed by atoms with E-state index in [0.29, 0.717) is 0 Å². The molecule has 1 unspecified atom stereocenters. The van der Waals surface area contributed by atoms with Gasteiger partial charge in [-0.3, -0.25) is 4.90 Å². The van der Waals surface area contributed by atoms with Crippen LogP contribution in [-0.4, -0.2) is 49.8 Å². The quantitative estimate of drug-likeness (QED) is 0.632. The smallest absolute Gasteiger partial charge is 0.0589 e. The lowest BCUT2D eigenvalue weighted by molar-refractivity contribution is 0.108. The molecule has 2 rings (SSSR count). The number of hydrogen-bond donors (Lipinski definition) is 1. The zero-order chi connectivity index (χ0) is 12.1. The molecule has 0 spiro atoms. The van der Waals surface area contributed by atoms with Crippen molar-refractivity contribution in [2.24, 2.45) is 0 Å². The molecule has 0 aliphatic heterocycles. The van der Waals surface area contributed by atoms with E-state index in [2.05, 4.69) is 17.1 Å². The van der Waals surface area contributed by atoms with Crippen LogP contribution >= 0.6 is 0 Å². The molecule has 2 aliphatic carbocycles. The van der Waals surface area contributed by atoms with Gasteiger partial charge >= 0.3 is 0 Å². The van der Waals surface area contributed by atoms with Gasteiger partial charge in [-0.2, -0.15) is 0 Å². The van der Waals surface area contributed by atoms with E-state index in [-0.39, 0.29) is 0 Å². The van der Waals surface area contributed by atoms with Crippen LogP contribution in [0.3, 0.4) is 0 Å². The lowest BCUT2D eigenvalue weighted by Crippen LogP contribution is -2.45. The van der Waals surface area contributed by atoms with E-state index < -0.39 is 0 Å². The predicted octanol–water partition coefficient (Wildman–Crippen LogP) is 2.02. The first-order valence-electron chi connectivity index (χ1n) is 7.33. The molecular formula is C14H28N2O. The summed E-state index contributed by atoms with van der Waals surface area (Å²) in [5.74, 6) is 0. The monoisotopic (exact) mass is 240 g/mol. The van der Waals surface area contributed by atoms with Gasteiger partial charge in [0.05, 0.1) is 6.61 Å². The molecule has 2 saturated carbocycles. The summed E-state index contributed by atoms with van der Waals surface area (Å²) in [6.45, 7) is 5.46. The third kappa shape index (κ3) is 4.57. The van der Waals surface area contributed by atoms with Gasteiger partial charge in [0.15, 0.2) is 0 Å². The van der Waals surface area contributed by atoms with Crippen molar-refractivity contribution >= 4 is 0 Å². The number of hydrogen-bond acceptors (Lipinski definition) is 3. The second-order valence-electron chi connectivity index (χ2n) is 5.59. The summed E-state index contributed by atoms with van der Waals surface area (Å²) in [5.41, 5.74) is 0. The molecule has 1 atom stereocenters. The maximum absolute atomic E-state index is 5.25. The van der Waals surface area contributed by atoms with Crippen LogP contribution in [0.5, 0.6) is 0 Å².